The minimum absolute atomic E-state index is 0.0639. The van der Waals surface area contributed by atoms with Gasteiger partial charge in [-0.05, 0) is 63.1 Å². The maximum absolute atomic E-state index is 12.7. The van der Waals surface area contributed by atoms with E-state index in [-0.39, 0.29) is 48.7 Å². The van der Waals surface area contributed by atoms with Crippen molar-refractivity contribution < 1.29 is 42.9 Å². The van der Waals surface area contributed by atoms with Gasteiger partial charge in [-0.15, -0.1) is 0 Å². The second-order valence-corrected chi connectivity index (χ2v) is 10.9. The van der Waals surface area contributed by atoms with E-state index >= 15 is 0 Å². The van der Waals surface area contributed by atoms with Gasteiger partial charge in [-0.1, -0.05) is 59.9 Å². The monoisotopic (exact) mass is 579 g/mol. The van der Waals surface area contributed by atoms with Gasteiger partial charge in [0, 0.05) is 12.8 Å². The van der Waals surface area contributed by atoms with Crippen molar-refractivity contribution in [3.05, 3.63) is 23.8 Å². The molecule has 0 aliphatic heterocycles. The highest BCUT2D eigenvalue weighted by atomic mass is 16.7. The third-order valence-corrected chi connectivity index (χ3v) is 6.88. The fourth-order valence-corrected chi connectivity index (χ4v) is 3.64. The van der Waals surface area contributed by atoms with Gasteiger partial charge in [0.05, 0.1) is 0 Å². The molecule has 0 spiro atoms. The number of rotatable bonds is 17. The van der Waals surface area contributed by atoms with Crippen LogP contribution in [0.3, 0.4) is 0 Å². The zero-order valence-electron chi connectivity index (χ0n) is 25.9. The summed E-state index contributed by atoms with van der Waals surface area (Å²) in [7, 11) is 0. The number of carbonyl (C=O) groups excluding carboxylic acids is 4. The number of carbonyl (C=O) groups is 4. The largest absolute Gasteiger partial charge is 0.508 e. The van der Waals surface area contributed by atoms with Crippen molar-refractivity contribution in [1.29, 1.82) is 0 Å². The molecule has 232 valence electrons. The predicted octanol–water partition coefficient (Wildman–Crippen LogP) is 5.90. The van der Waals surface area contributed by atoms with Crippen LogP contribution in [0, 0.1) is 11.8 Å². The summed E-state index contributed by atoms with van der Waals surface area (Å²) in [4.78, 5) is 49.6. The van der Waals surface area contributed by atoms with Crippen molar-refractivity contribution in [2.45, 2.75) is 125 Å². The Balaban J connectivity index is 2.91. The molecule has 1 aromatic rings. The van der Waals surface area contributed by atoms with E-state index in [0.717, 1.165) is 19.3 Å². The number of hydrogen-bond acceptors (Lipinski definition) is 10. The van der Waals surface area contributed by atoms with Crippen molar-refractivity contribution in [3.8, 4) is 11.5 Å². The number of ether oxygens (including phenoxy) is 5. The van der Waals surface area contributed by atoms with Crippen molar-refractivity contribution >= 4 is 24.1 Å². The number of nitrogens with two attached hydrogens (primary N) is 1. The Hall–Kier alpha value is -3.14. The van der Waals surface area contributed by atoms with Crippen LogP contribution in [0.15, 0.2) is 18.2 Å². The molecule has 2 N–H and O–H groups in total. The third kappa shape index (κ3) is 13.9. The average molecular weight is 580 g/mol. The van der Waals surface area contributed by atoms with Crippen LogP contribution >= 0.6 is 0 Å². The van der Waals surface area contributed by atoms with E-state index in [2.05, 4.69) is 0 Å². The maximum Gasteiger partial charge on any atom is 0.508 e. The van der Waals surface area contributed by atoms with Gasteiger partial charge in [0.15, 0.2) is 11.5 Å². The lowest BCUT2D eigenvalue weighted by molar-refractivity contribution is -0.155. The molecule has 0 bridgehead atoms. The Kier molecular flexibility index (Phi) is 16.0. The molecule has 0 radical (unpaired) electrons. The summed E-state index contributed by atoms with van der Waals surface area (Å²) in [6.07, 6.45) is 1.07. The van der Waals surface area contributed by atoms with E-state index in [0.29, 0.717) is 12.0 Å². The lowest BCUT2D eigenvalue weighted by Gasteiger charge is -2.23. The summed E-state index contributed by atoms with van der Waals surface area (Å²) in [5, 5.41) is 0. The van der Waals surface area contributed by atoms with Crippen molar-refractivity contribution in [3.63, 3.8) is 0 Å². The molecule has 10 heteroatoms. The normalized spacial score (nSPS) is 15.4. The molecule has 0 saturated heterocycles. The molecule has 1 aromatic carbocycles. The van der Waals surface area contributed by atoms with E-state index in [9.17, 15) is 19.2 Å². The van der Waals surface area contributed by atoms with Crippen LogP contribution in [0.4, 0.5) is 4.79 Å². The SMILES string of the molecule is CCCC(C)OC(=O)O[C@@H](C)[C@H](C)OC(=O)[C@@H](N)Cc1ccc(OC(=O)CC(C)CC)c(OC(=O)CC(C)CC)c1. The average Bonchev–Trinajstić information content (AvgIpc) is 2.89. The van der Waals surface area contributed by atoms with E-state index in [1.807, 2.05) is 34.6 Å². The lowest BCUT2D eigenvalue weighted by Crippen LogP contribution is -2.39. The minimum Gasteiger partial charge on any atom is -0.458 e. The smallest absolute Gasteiger partial charge is 0.458 e. The number of benzene rings is 1. The van der Waals surface area contributed by atoms with Gasteiger partial charge in [0.1, 0.15) is 24.4 Å². The van der Waals surface area contributed by atoms with E-state index < -0.39 is 42.3 Å². The molecule has 41 heavy (non-hydrogen) atoms. The molecule has 1 rings (SSSR count). The minimum atomic E-state index is -1.05. The van der Waals surface area contributed by atoms with Gasteiger partial charge in [0.2, 0.25) is 0 Å². The Bertz CT molecular complexity index is 996. The fraction of sp³-hybridized carbons (Fsp3) is 0.677. The molecular formula is C31H49NO9. The molecule has 0 saturated carbocycles. The summed E-state index contributed by atoms with van der Waals surface area (Å²) in [6, 6.07) is 3.66. The standard InChI is InChI=1S/C31H49NO9/c1-9-12-21(6)37-31(36)39-23(8)22(7)38-30(35)25(32)17-24-13-14-26(40-28(33)15-19(4)10-2)27(18-24)41-29(34)16-20(5)11-3/h13-14,18-23,25H,9-12,15-17,32H2,1-8H3/t19?,20?,21?,22-,23-,25-/m0/s1. The molecule has 0 heterocycles. The summed E-state index contributed by atoms with van der Waals surface area (Å²) < 4.78 is 26.9. The Labute approximate surface area is 244 Å². The molecular weight excluding hydrogens is 530 g/mol. The molecule has 0 aromatic heterocycles. The number of hydrogen-bond donors (Lipinski definition) is 1. The summed E-state index contributed by atoms with van der Waals surface area (Å²) >= 11 is 0. The van der Waals surface area contributed by atoms with Crippen LogP contribution in [0.5, 0.6) is 11.5 Å². The first-order chi connectivity index (χ1) is 19.3. The molecule has 3 unspecified atom stereocenters. The van der Waals surface area contributed by atoms with Crippen molar-refractivity contribution in [2.75, 3.05) is 0 Å². The van der Waals surface area contributed by atoms with Crippen LogP contribution < -0.4 is 15.2 Å². The first-order valence-corrected chi connectivity index (χ1v) is 14.7. The van der Waals surface area contributed by atoms with Crippen LogP contribution in [0.1, 0.15) is 99.5 Å². The molecule has 0 aliphatic carbocycles. The fourth-order valence-electron chi connectivity index (χ4n) is 3.64. The van der Waals surface area contributed by atoms with Gasteiger partial charge in [-0.2, -0.15) is 0 Å². The highest BCUT2D eigenvalue weighted by Crippen LogP contribution is 2.31. The molecule has 0 amide bonds. The van der Waals surface area contributed by atoms with Crippen LogP contribution in [0.2, 0.25) is 0 Å². The van der Waals surface area contributed by atoms with E-state index in [1.165, 1.54) is 12.1 Å². The second kappa shape index (κ2) is 18.3. The Morgan fingerprint density at radius 3 is 1.83 bits per heavy atom. The molecule has 0 fully saturated rings. The van der Waals surface area contributed by atoms with Crippen LogP contribution in [-0.2, 0) is 35.0 Å². The second-order valence-electron chi connectivity index (χ2n) is 10.9. The Morgan fingerprint density at radius 1 is 0.756 bits per heavy atom. The van der Waals surface area contributed by atoms with E-state index in [4.69, 9.17) is 29.4 Å². The first kappa shape index (κ1) is 35.9. The topological polar surface area (TPSA) is 140 Å². The zero-order chi connectivity index (χ0) is 31.1. The van der Waals surface area contributed by atoms with Crippen molar-refractivity contribution in [2.24, 2.45) is 17.6 Å². The maximum atomic E-state index is 12.7. The van der Waals surface area contributed by atoms with Gasteiger partial charge in [0.25, 0.3) is 0 Å². The molecule has 10 nitrogen and oxygen atoms in total. The van der Waals surface area contributed by atoms with E-state index in [1.54, 1.807) is 26.8 Å². The third-order valence-electron chi connectivity index (χ3n) is 6.88. The molecule has 6 atom stereocenters. The lowest BCUT2D eigenvalue weighted by atomic mass is 10.0. The zero-order valence-corrected chi connectivity index (χ0v) is 25.9. The summed E-state index contributed by atoms with van der Waals surface area (Å²) in [6.45, 7) is 14.8. The predicted molar refractivity (Wildman–Crippen MR) is 154 cm³/mol. The Morgan fingerprint density at radius 2 is 1.29 bits per heavy atom. The summed E-state index contributed by atoms with van der Waals surface area (Å²) in [5.41, 5.74) is 6.70. The quantitative estimate of drug-likeness (QED) is 0.175. The van der Waals surface area contributed by atoms with Gasteiger partial charge >= 0.3 is 24.1 Å². The van der Waals surface area contributed by atoms with Gasteiger partial charge in [-0.3, -0.25) is 14.4 Å². The highest BCUT2D eigenvalue weighted by molar-refractivity contribution is 5.77. The van der Waals surface area contributed by atoms with Gasteiger partial charge < -0.3 is 29.4 Å². The number of esters is 3. The highest BCUT2D eigenvalue weighted by Gasteiger charge is 2.26. The van der Waals surface area contributed by atoms with Crippen LogP contribution in [-0.4, -0.2) is 48.4 Å². The first-order valence-electron chi connectivity index (χ1n) is 14.7. The van der Waals surface area contributed by atoms with Crippen molar-refractivity contribution in [1.82, 2.24) is 0 Å². The summed E-state index contributed by atoms with van der Waals surface area (Å²) in [5.74, 6) is -1.10. The van der Waals surface area contributed by atoms with Gasteiger partial charge in [-0.25, -0.2) is 4.79 Å². The van der Waals surface area contributed by atoms with Crippen LogP contribution in [0.25, 0.3) is 0 Å². The molecule has 0 aliphatic rings.